The standard InChI is InChI=1S/C29H32F4N4O2/c1-5-36(27(38)26-19(3)7-6-8-20(26)4)17-28(39,29(31,32)33)16-34-24-13-18(2)14-25-23(24)15-35-37(25)22-11-9-21(30)10-12-22/h6-7,9-15,20,34,39H,5,8,16-17H2,1-4H3. The van der Waals surface area contributed by atoms with Gasteiger partial charge in [-0.2, -0.15) is 18.3 Å². The number of allylic oxidation sites excluding steroid dienone is 3. The molecular weight excluding hydrogens is 512 g/mol. The number of amides is 1. The molecular formula is C29H32F4N4O2. The van der Waals surface area contributed by atoms with E-state index in [1.807, 2.05) is 19.1 Å². The third kappa shape index (κ3) is 5.71. The molecule has 6 nitrogen and oxygen atoms in total. The first-order valence-corrected chi connectivity index (χ1v) is 12.8. The molecule has 0 bridgehead atoms. The van der Waals surface area contributed by atoms with E-state index in [4.69, 9.17) is 0 Å². The van der Waals surface area contributed by atoms with E-state index in [1.54, 1.807) is 49.7 Å². The molecule has 0 saturated carbocycles. The molecule has 1 heterocycles. The number of rotatable bonds is 8. The summed E-state index contributed by atoms with van der Waals surface area (Å²) in [6.07, 6.45) is 0.839. The number of benzene rings is 2. The van der Waals surface area contributed by atoms with Gasteiger partial charge in [0.15, 0.2) is 5.60 Å². The molecule has 1 aromatic heterocycles. The number of halogens is 4. The summed E-state index contributed by atoms with van der Waals surface area (Å²) in [5, 5.41) is 18.6. The molecule has 0 fully saturated rings. The van der Waals surface area contributed by atoms with Crippen molar-refractivity contribution < 1.29 is 27.5 Å². The number of fused-ring (bicyclic) bond motifs is 1. The maximum atomic E-state index is 14.3. The van der Waals surface area contributed by atoms with Gasteiger partial charge in [-0.3, -0.25) is 4.79 Å². The van der Waals surface area contributed by atoms with Gasteiger partial charge in [0.05, 0.1) is 30.5 Å². The average molecular weight is 545 g/mol. The number of likely N-dealkylation sites (N-methyl/N-ethyl adjacent to an activating group) is 1. The zero-order valence-electron chi connectivity index (χ0n) is 22.3. The van der Waals surface area contributed by atoms with E-state index >= 15 is 0 Å². The lowest BCUT2D eigenvalue weighted by Crippen LogP contribution is -2.59. The van der Waals surface area contributed by atoms with E-state index < -0.39 is 36.6 Å². The van der Waals surface area contributed by atoms with Gasteiger partial charge < -0.3 is 15.3 Å². The van der Waals surface area contributed by atoms with Crippen LogP contribution in [0.2, 0.25) is 0 Å². The Hall–Kier alpha value is -3.66. The zero-order chi connectivity index (χ0) is 28.5. The van der Waals surface area contributed by atoms with Crippen molar-refractivity contribution in [3.05, 3.63) is 77.3 Å². The van der Waals surface area contributed by atoms with Crippen LogP contribution in [-0.4, -0.2) is 57.1 Å². The van der Waals surface area contributed by atoms with Crippen LogP contribution in [0.5, 0.6) is 0 Å². The Kier molecular flexibility index (Phi) is 7.88. The molecule has 0 spiro atoms. The van der Waals surface area contributed by atoms with Crippen LogP contribution in [0.1, 0.15) is 32.8 Å². The molecule has 0 aliphatic heterocycles. The minimum absolute atomic E-state index is 0.00354. The Morgan fingerprint density at radius 2 is 1.90 bits per heavy atom. The predicted octanol–water partition coefficient (Wildman–Crippen LogP) is 5.94. The Morgan fingerprint density at radius 1 is 1.21 bits per heavy atom. The number of alkyl halides is 3. The number of anilines is 1. The van der Waals surface area contributed by atoms with Crippen molar-refractivity contribution in [1.29, 1.82) is 0 Å². The third-order valence-electron chi connectivity index (χ3n) is 7.13. The number of carbonyl (C=O) groups excluding carboxylic acids is 1. The molecule has 208 valence electrons. The summed E-state index contributed by atoms with van der Waals surface area (Å²) in [5.74, 6) is -1.04. The van der Waals surface area contributed by atoms with E-state index in [-0.39, 0.29) is 12.5 Å². The summed E-state index contributed by atoms with van der Waals surface area (Å²) < 4.78 is 57.9. The van der Waals surface area contributed by atoms with Gasteiger partial charge in [0.2, 0.25) is 5.91 Å². The minimum Gasteiger partial charge on any atom is -0.381 e. The van der Waals surface area contributed by atoms with Crippen LogP contribution in [-0.2, 0) is 4.79 Å². The van der Waals surface area contributed by atoms with Gasteiger partial charge in [0, 0.05) is 23.2 Å². The Bertz CT molecular complexity index is 1430. The second kappa shape index (κ2) is 10.8. The van der Waals surface area contributed by atoms with Crippen molar-refractivity contribution in [1.82, 2.24) is 14.7 Å². The van der Waals surface area contributed by atoms with Gasteiger partial charge >= 0.3 is 6.18 Å². The first kappa shape index (κ1) is 28.4. The summed E-state index contributed by atoms with van der Waals surface area (Å²) in [6, 6.07) is 9.18. The van der Waals surface area contributed by atoms with Gasteiger partial charge in [0.25, 0.3) is 0 Å². The van der Waals surface area contributed by atoms with Crippen LogP contribution in [0.25, 0.3) is 16.6 Å². The van der Waals surface area contributed by atoms with Crippen molar-refractivity contribution in [2.24, 2.45) is 5.92 Å². The highest BCUT2D eigenvalue weighted by molar-refractivity contribution is 5.95. The topological polar surface area (TPSA) is 70.4 Å². The highest BCUT2D eigenvalue weighted by atomic mass is 19.4. The molecule has 4 rings (SSSR count). The predicted molar refractivity (Wildman–Crippen MR) is 143 cm³/mol. The molecule has 39 heavy (non-hydrogen) atoms. The third-order valence-corrected chi connectivity index (χ3v) is 7.13. The lowest BCUT2D eigenvalue weighted by atomic mass is 9.87. The van der Waals surface area contributed by atoms with Crippen LogP contribution in [0.3, 0.4) is 0 Å². The SMILES string of the molecule is CCN(CC(O)(CNc1cc(C)cc2c1cnn2-c1ccc(F)cc1)C(F)(F)F)C(=O)C1=C(C)C=CCC1C. The summed E-state index contributed by atoms with van der Waals surface area (Å²) >= 11 is 0. The monoisotopic (exact) mass is 544 g/mol. The maximum Gasteiger partial charge on any atom is 0.420 e. The Balaban J connectivity index is 1.63. The first-order chi connectivity index (χ1) is 18.3. The van der Waals surface area contributed by atoms with Crippen molar-refractivity contribution in [2.45, 2.75) is 45.9 Å². The molecule has 1 aliphatic carbocycles. The summed E-state index contributed by atoms with van der Waals surface area (Å²) in [5.41, 5.74) is 0.243. The quantitative estimate of drug-likeness (QED) is 0.345. The summed E-state index contributed by atoms with van der Waals surface area (Å²) in [6.45, 7) is 5.21. The molecule has 3 aromatic rings. The molecule has 10 heteroatoms. The van der Waals surface area contributed by atoms with Crippen LogP contribution >= 0.6 is 0 Å². The average Bonchev–Trinajstić information content (AvgIpc) is 3.29. The fourth-order valence-electron chi connectivity index (χ4n) is 4.93. The van der Waals surface area contributed by atoms with Gasteiger partial charge in [-0.05, 0) is 80.6 Å². The molecule has 0 radical (unpaired) electrons. The highest BCUT2D eigenvalue weighted by Crippen LogP contribution is 2.35. The highest BCUT2D eigenvalue weighted by Gasteiger charge is 2.55. The van der Waals surface area contributed by atoms with Crippen molar-refractivity contribution in [3.63, 3.8) is 0 Å². The van der Waals surface area contributed by atoms with Gasteiger partial charge in [-0.1, -0.05) is 19.1 Å². The number of hydrogen-bond donors (Lipinski definition) is 2. The molecule has 1 amide bonds. The lowest BCUT2D eigenvalue weighted by Gasteiger charge is -2.37. The minimum atomic E-state index is -5.02. The van der Waals surface area contributed by atoms with Crippen LogP contribution in [0, 0.1) is 18.7 Å². The van der Waals surface area contributed by atoms with E-state index in [0.29, 0.717) is 39.8 Å². The molecule has 1 aliphatic rings. The van der Waals surface area contributed by atoms with Crippen LogP contribution in [0.15, 0.2) is 65.9 Å². The second-order valence-electron chi connectivity index (χ2n) is 10.1. The maximum absolute atomic E-state index is 14.3. The smallest absolute Gasteiger partial charge is 0.381 e. The number of aliphatic hydroxyl groups is 1. The first-order valence-electron chi connectivity index (χ1n) is 12.8. The van der Waals surface area contributed by atoms with E-state index in [0.717, 1.165) is 10.5 Å². The number of nitrogens with one attached hydrogen (secondary N) is 1. The number of aryl methyl sites for hydroxylation is 1. The fourth-order valence-corrected chi connectivity index (χ4v) is 4.93. The molecule has 2 N–H and O–H groups in total. The molecule has 2 atom stereocenters. The largest absolute Gasteiger partial charge is 0.420 e. The molecule has 2 unspecified atom stereocenters. The van der Waals surface area contributed by atoms with Crippen LogP contribution in [0.4, 0.5) is 23.2 Å². The van der Waals surface area contributed by atoms with Gasteiger partial charge in [-0.15, -0.1) is 0 Å². The number of carbonyl (C=O) groups is 1. The Morgan fingerprint density at radius 3 is 2.51 bits per heavy atom. The number of aromatic nitrogens is 2. The van der Waals surface area contributed by atoms with Crippen molar-refractivity contribution >= 4 is 22.5 Å². The summed E-state index contributed by atoms with van der Waals surface area (Å²) in [4.78, 5) is 14.4. The van der Waals surface area contributed by atoms with Gasteiger partial charge in [0.1, 0.15) is 5.82 Å². The second-order valence-corrected chi connectivity index (χ2v) is 10.1. The van der Waals surface area contributed by atoms with Crippen molar-refractivity contribution in [3.8, 4) is 5.69 Å². The Labute approximate surface area is 224 Å². The van der Waals surface area contributed by atoms with Gasteiger partial charge in [-0.25, -0.2) is 9.07 Å². The lowest BCUT2D eigenvalue weighted by molar-refractivity contribution is -0.258. The van der Waals surface area contributed by atoms with E-state index in [1.165, 1.54) is 18.3 Å². The normalized spacial score (nSPS) is 17.4. The number of nitrogens with zero attached hydrogens (tertiary/aromatic N) is 3. The molecule has 2 aromatic carbocycles. The number of hydrogen-bond acceptors (Lipinski definition) is 4. The fraction of sp³-hybridized carbons (Fsp3) is 0.379. The van der Waals surface area contributed by atoms with Crippen molar-refractivity contribution in [2.75, 3.05) is 25.0 Å². The summed E-state index contributed by atoms with van der Waals surface area (Å²) in [7, 11) is 0. The van der Waals surface area contributed by atoms with E-state index in [2.05, 4.69) is 10.4 Å². The van der Waals surface area contributed by atoms with E-state index in [9.17, 15) is 27.5 Å². The molecule has 0 saturated heterocycles. The van der Waals surface area contributed by atoms with Crippen LogP contribution < -0.4 is 5.32 Å². The zero-order valence-corrected chi connectivity index (χ0v) is 22.3.